The van der Waals surface area contributed by atoms with Gasteiger partial charge in [0.2, 0.25) is 0 Å². The molecule has 1 radical (unpaired) electrons. The lowest BCUT2D eigenvalue weighted by molar-refractivity contribution is 0.113. The van der Waals surface area contributed by atoms with Gasteiger partial charge in [0.05, 0.1) is 12.7 Å². The van der Waals surface area contributed by atoms with Crippen molar-refractivity contribution in [3.63, 3.8) is 0 Å². The molecule has 0 aliphatic heterocycles. The van der Waals surface area contributed by atoms with Crippen molar-refractivity contribution in [2.24, 2.45) is 0 Å². The van der Waals surface area contributed by atoms with E-state index in [0.717, 1.165) is 25.0 Å². The van der Waals surface area contributed by atoms with Crippen molar-refractivity contribution >= 4 is 11.8 Å². The van der Waals surface area contributed by atoms with Gasteiger partial charge in [-0.3, -0.25) is 0 Å². The van der Waals surface area contributed by atoms with E-state index in [1.807, 2.05) is 0 Å². The first kappa shape index (κ1) is 14.6. The van der Waals surface area contributed by atoms with Gasteiger partial charge in [-0.15, -0.1) is 0 Å². The Hall–Kier alpha value is -0.510. The van der Waals surface area contributed by atoms with Crippen LogP contribution in [-0.2, 0) is 12.8 Å². The lowest BCUT2D eigenvalue weighted by Gasteiger charge is -2.06. The third-order valence-corrected chi connectivity index (χ3v) is 3.75. The molecule has 0 aliphatic rings. The van der Waals surface area contributed by atoms with Crippen LogP contribution in [0.5, 0.6) is 0 Å². The van der Waals surface area contributed by atoms with Gasteiger partial charge < -0.3 is 10.2 Å². The summed E-state index contributed by atoms with van der Waals surface area (Å²) in [5.74, 6) is 1.64. The van der Waals surface area contributed by atoms with Crippen LogP contribution in [0.1, 0.15) is 24.5 Å². The molecule has 0 amide bonds. The summed E-state index contributed by atoms with van der Waals surface area (Å²) in [5.41, 5.74) is 2.54. The van der Waals surface area contributed by atoms with Crippen LogP contribution >= 0.6 is 11.8 Å². The average molecular weight is 253 g/mol. The van der Waals surface area contributed by atoms with Crippen molar-refractivity contribution in [2.45, 2.75) is 32.3 Å². The number of rotatable bonds is 8. The van der Waals surface area contributed by atoms with Crippen LogP contribution in [0, 0.1) is 6.07 Å². The molecule has 2 N–H and O–H groups in total. The highest BCUT2D eigenvalue weighted by Crippen LogP contribution is 2.11. The number of benzene rings is 1. The van der Waals surface area contributed by atoms with Crippen LogP contribution in [0.25, 0.3) is 0 Å². The molecule has 95 valence electrons. The van der Waals surface area contributed by atoms with Crippen molar-refractivity contribution in [3.8, 4) is 0 Å². The second kappa shape index (κ2) is 8.56. The van der Waals surface area contributed by atoms with Crippen LogP contribution in [0.3, 0.4) is 0 Å². The molecule has 1 rings (SSSR count). The summed E-state index contributed by atoms with van der Waals surface area (Å²) < 4.78 is 0. The molecule has 2 nitrogen and oxygen atoms in total. The molecular formula is C14H21O2S. The van der Waals surface area contributed by atoms with Crippen LogP contribution < -0.4 is 0 Å². The number of aryl methyl sites for hydroxylation is 2. The summed E-state index contributed by atoms with van der Waals surface area (Å²) in [6, 6.07) is 9.72. The number of aliphatic hydroxyl groups is 2. The van der Waals surface area contributed by atoms with E-state index in [2.05, 4.69) is 31.2 Å². The molecule has 1 aromatic carbocycles. The molecule has 0 spiro atoms. The molecule has 3 heteroatoms. The van der Waals surface area contributed by atoms with E-state index in [1.165, 1.54) is 11.1 Å². The first-order valence-corrected chi connectivity index (χ1v) is 7.28. The van der Waals surface area contributed by atoms with Crippen molar-refractivity contribution in [1.29, 1.82) is 0 Å². The van der Waals surface area contributed by atoms with Gasteiger partial charge in [0.25, 0.3) is 0 Å². The van der Waals surface area contributed by atoms with Gasteiger partial charge in [0.1, 0.15) is 0 Å². The molecule has 1 unspecified atom stereocenters. The van der Waals surface area contributed by atoms with Gasteiger partial charge in [-0.1, -0.05) is 25.1 Å². The number of hydrogen-bond acceptors (Lipinski definition) is 3. The van der Waals surface area contributed by atoms with Gasteiger partial charge in [-0.25, -0.2) is 0 Å². The van der Waals surface area contributed by atoms with Crippen LogP contribution in [0.15, 0.2) is 18.2 Å². The zero-order valence-electron chi connectivity index (χ0n) is 10.4. The molecule has 0 fully saturated rings. The summed E-state index contributed by atoms with van der Waals surface area (Å²) in [6.45, 7) is 2.00. The fraction of sp³-hybridized carbons (Fsp3) is 0.571. The zero-order chi connectivity index (χ0) is 12.5. The maximum absolute atomic E-state index is 9.17. The van der Waals surface area contributed by atoms with E-state index in [4.69, 9.17) is 10.2 Å². The van der Waals surface area contributed by atoms with Gasteiger partial charge >= 0.3 is 0 Å². The molecule has 0 saturated heterocycles. The Morgan fingerprint density at radius 2 is 2.12 bits per heavy atom. The average Bonchev–Trinajstić information content (AvgIpc) is 2.38. The summed E-state index contributed by atoms with van der Waals surface area (Å²) in [4.78, 5) is 0. The summed E-state index contributed by atoms with van der Waals surface area (Å²) >= 11 is 1.69. The third-order valence-electron chi connectivity index (χ3n) is 2.55. The van der Waals surface area contributed by atoms with E-state index in [1.54, 1.807) is 11.8 Å². The topological polar surface area (TPSA) is 40.5 Å². The standard InChI is InChI=1S/C14H21O2S/c1-2-12-5-3-6-13(9-12)7-4-8-17-11-14(16)10-15/h3,5-6,14-16H,2,4,7-8,10-11H2,1H3. The van der Waals surface area contributed by atoms with Crippen LogP contribution in [0.2, 0.25) is 0 Å². The van der Waals surface area contributed by atoms with Gasteiger partial charge in [0.15, 0.2) is 0 Å². The van der Waals surface area contributed by atoms with Gasteiger partial charge in [-0.2, -0.15) is 11.8 Å². The lowest BCUT2D eigenvalue weighted by Crippen LogP contribution is -2.14. The molecule has 1 atom stereocenters. The Morgan fingerprint density at radius 3 is 2.82 bits per heavy atom. The lowest BCUT2D eigenvalue weighted by atomic mass is 10.1. The molecule has 0 aromatic heterocycles. The predicted octanol–water partition coefficient (Wildman–Crippen LogP) is 2.07. The van der Waals surface area contributed by atoms with E-state index in [-0.39, 0.29) is 6.61 Å². The van der Waals surface area contributed by atoms with E-state index in [9.17, 15) is 0 Å². The Balaban J connectivity index is 2.17. The summed E-state index contributed by atoms with van der Waals surface area (Å²) in [7, 11) is 0. The molecule has 0 heterocycles. The third kappa shape index (κ3) is 6.10. The largest absolute Gasteiger partial charge is 0.394 e. The predicted molar refractivity (Wildman–Crippen MR) is 73.4 cm³/mol. The van der Waals surface area contributed by atoms with E-state index in [0.29, 0.717) is 5.75 Å². The Kier molecular flexibility index (Phi) is 7.33. The molecule has 0 bridgehead atoms. The van der Waals surface area contributed by atoms with Gasteiger partial charge in [0, 0.05) is 5.75 Å². The van der Waals surface area contributed by atoms with Gasteiger partial charge in [-0.05, 0) is 42.2 Å². The Morgan fingerprint density at radius 1 is 1.35 bits per heavy atom. The highest BCUT2D eigenvalue weighted by molar-refractivity contribution is 7.99. The maximum atomic E-state index is 9.17. The normalized spacial score (nSPS) is 12.6. The number of hydrogen-bond donors (Lipinski definition) is 2. The Bertz CT molecular complexity index is 315. The smallest absolute Gasteiger partial charge is 0.0861 e. The second-order valence-corrected chi connectivity index (χ2v) is 5.22. The van der Waals surface area contributed by atoms with E-state index < -0.39 is 6.10 Å². The fourth-order valence-electron chi connectivity index (χ4n) is 1.56. The molecule has 0 aliphatic carbocycles. The Labute approximate surface area is 108 Å². The number of thioether (sulfide) groups is 1. The minimum atomic E-state index is -0.574. The molecular weight excluding hydrogens is 232 g/mol. The maximum Gasteiger partial charge on any atom is 0.0861 e. The number of aliphatic hydroxyl groups excluding tert-OH is 2. The zero-order valence-corrected chi connectivity index (χ0v) is 11.2. The first-order valence-electron chi connectivity index (χ1n) is 6.13. The minimum absolute atomic E-state index is 0.140. The highest BCUT2D eigenvalue weighted by Gasteiger charge is 2.01. The molecule has 0 saturated carbocycles. The molecule has 17 heavy (non-hydrogen) atoms. The van der Waals surface area contributed by atoms with Crippen LogP contribution in [0.4, 0.5) is 0 Å². The SMILES string of the molecule is CCc1[c]c(CCCSCC(O)CO)ccc1. The summed E-state index contributed by atoms with van der Waals surface area (Å²) in [5, 5.41) is 17.8. The fourth-order valence-corrected chi connectivity index (χ4v) is 2.45. The van der Waals surface area contributed by atoms with Crippen molar-refractivity contribution in [3.05, 3.63) is 35.4 Å². The van der Waals surface area contributed by atoms with Crippen molar-refractivity contribution in [1.82, 2.24) is 0 Å². The highest BCUT2D eigenvalue weighted by atomic mass is 32.2. The minimum Gasteiger partial charge on any atom is -0.394 e. The van der Waals surface area contributed by atoms with Crippen molar-refractivity contribution < 1.29 is 10.2 Å². The second-order valence-electron chi connectivity index (χ2n) is 4.07. The van der Waals surface area contributed by atoms with Crippen molar-refractivity contribution in [2.75, 3.05) is 18.1 Å². The first-order chi connectivity index (χ1) is 8.26. The quantitative estimate of drug-likeness (QED) is 0.697. The summed E-state index contributed by atoms with van der Waals surface area (Å²) in [6.07, 6.45) is 2.59. The van der Waals surface area contributed by atoms with Crippen LogP contribution in [-0.4, -0.2) is 34.4 Å². The van der Waals surface area contributed by atoms with E-state index >= 15 is 0 Å². The monoisotopic (exact) mass is 253 g/mol. The molecule has 1 aromatic rings.